The molecule has 3 atom stereocenters. The summed E-state index contributed by atoms with van der Waals surface area (Å²) >= 11 is 0. The minimum Gasteiger partial charge on any atom is -0.456 e. The van der Waals surface area contributed by atoms with Crippen molar-refractivity contribution >= 4 is 65.4 Å². The Morgan fingerprint density at radius 2 is 1.00 bits per heavy atom. The standard InChI is InChI=1S/C57H35N3O2/c1-2-14-34-29-46-36(28-33(34)13-1)30-47-51(42-20-6-5-17-38(42)46)52(47)53-45(27-26-43-40-19-8-10-23-49(40)62-54(43)53)57-59-55(35-24-25-41-39-18-7-9-22-48(39)61-50(41)31-35)58-56(60-57)44-21-11-15-32-12-3-4-16-37(32)44/h1-29,31,47,51-52H,30H2/t47-,51?,52?/m0/s1. The molecule has 12 aromatic rings. The maximum Gasteiger partial charge on any atom is 0.164 e. The highest BCUT2D eigenvalue weighted by Gasteiger charge is 2.55. The van der Waals surface area contributed by atoms with Crippen LogP contribution in [-0.4, -0.2) is 15.0 Å². The summed E-state index contributed by atoms with van der Waals surface area (Å²) in [5, 5.41) is 9.14. The van der Waals surface area contributed by atoms with E-state index < -0.39 is 0 Å². The molecule has 0 N–H and O–H groups in total. The van der Waals surface area contributed by atoms with Gasteiger partial charge < -0.3 is 8.83 Å². The first-order chi connectivity index (χ1) is 30.7. The Morgan fingerprint density at radius 1 is 0.387 bits per heavy atom. The molecule has 0 aliphatic heterocycles. The molecule has 0 bridgehead atoms. The van der Waals surface area contributed by atoms with Crippen LogP contribution in [0.1, 0.15) is 28.5 Å². The van der Waals surface area contributed by atoms with Gasteiger partial charge in [-0.15, -0.1) is 0 Å². The van der Waals surface area contributed by atoms with Gasteiger partial charge in [-0.05, 0) is 104 Å². The third-order valence-corrected chi connectivity index (χ3v) is 13.7. The Bertz CT molecular complexity index is 3830. The van der Waals surface area contributed by atoms with E-state index in [-0.39, 0.29) is 11.8 Å². The van der Waals surface area contributed by atoms with E-state index in [9.17, 15) is 0 Å². The summed E-state index contributed by atoms with van der Waals surface area (Å²) in [6.07, 6.45) is 0.960. The highest BCUT2D eigenvalue weighted by molar-refractivity contribution is 6.08. The third-order valence-electron chi connectivity index (χ3n) is 13.7. The first-order valence-corrected chi connectivity index (χ1v) is 21.4. The zero-order valence-corrected chi connectivity index (χ0v) is 33.4. The Hall–Kier alpha value is -7.89. The van der Waals surface area contributed by atoms with Gasteiger partial charge in [-0.2, -0.15) is 0 Å². The van der Waals surface area contributed by atoms with Crippen molar-refractivity contribution in [1.82, 2.24) is 15.0 Å². The van der Waals surface area contributed by atoms with Crippen molar-refractivity contribution in [3.63, 3.8) is 0 Å². The van der Waals surface area contributed by atoms with Gasteiger partial charge in [-0.3, -0.25) is 0 Å². The molecule has 0 spiro atoms. The summed E-state index contributed by atoms with van der Waals surface area (Å²) in [6.45, 7) is 0. The molecule has 0 radical (unpaired) electrons. The van der Waals surface area contributed by atoms with Crippen LogP contribution in [0.25, 0.3) is 111 Å². The molecule has 3 aromatic heterocycles. The Kier molecular flexibility index (Phi) is 7.00. The molecule has 1 fully saturated rings. The highest BCUT2D eigenvalue weighted by atomic mass is 16.3. The van der Waals surface area contributed by atoms with E-state index in [2.05, 4.69) is 164 Å². The van der Waals surface area contributed by atoms with Crippen LogP contribution in [0.15, 0.2) is 191 Å². The lowest BCUT2D eigenvalue weighted by Crippen LogP contribution is -2.03. The number of aromatic nitrogens is 3. The van der Waals surface area contributed by atoms with E-state index in [0.29, 0.717) is 23.4 Å². The van der Waals surface area contributed by atoms with Gasteiger partial charge in [0.05, 0.1) is 0 Å². The molecule has 62 heavy (non-hydrogen) atoms. The molecule has 1 saturated carbocycles. The zero-order valence-electron chi connectivity index (χ0n) is 33.4. The van der Waals surface area contributed by atoms with E-state index in [1.54, 1.807) is 0 Å². The maximum absolute atomic E-state index is 6.98. The molecule has 5 heteroatoms. The van der Waals surface area contributed by atoms with Crippen molar-refractivity contribution in [1.29, 1.82) is 0 Å². The fourth-order valence-corrected chi connectivity index (χ4v) is 10.8. The minimum absolute atomic E-state index is 0.170. The molecule has 0 amide bonds. The number of benzene rings is 9. The summed E-state index contributed by atoms with van der Waals surface area (Å²) in [6, 6.07) is 64.7. The number of nitrogens with zero attached hydrogens (tertiary/aromatic N) is 3. The van der Waals surface area contributed by atoms with Crippen LogP contribution in [0.4, 0.5) is 0 Å². The lowest BCUT2D eigenvalue weighted by atomic mass is 9.88. The van der Waals surface area contributed by atoms with Gasteiger partial charge in [-0.25, -0.2) is 15.0 Å². The Morgan fingerprint density at radius 3 is 1.85 bits per heavy atom. The van der Waals surface area contributed by atoms with E-state index in [4.69, 9.17) is 23.8 Å². The largest absolute Gasteiger partial charge is 0.456 e. The average Bonchev–Trinajstić information content (AvgIpc) is 3.73. The molecule has 14 rings (SSSR count). The van der Waals surface area contributed by atoms with E-state index in [1.807, 2.05) is 18.2 Å². The predicted octanol–water partition coefficient (Wildman–Crippen LogP) is 14.7. The second kappa shape index (κ2) is 12.8. The first kappa shape index (κ1) is 33.9. The van der Waals surface area contributed by atoms with Gasteiger partial charge in [0.2, 0.25) is 0 Å². The van der Waals surface area contributed by atoms with Gasteiger partial charge in [0.15, 0.2) is 17.5 Å². The number of hydrogen-bond acceptors (Lipinski definition) is 5. The van der Waals surface area contributed by atoms with Gasteiger partial charge in [0.1, 0.15) is 22.3 Å². The fraction of sp³-hybridized carbons (Fsp3) is 0.0702. The Labute approximate surface area is 356 Å². The van der Waals surface area contributed by atoms with E-state index >= 15 is 0 Å². The first-order valence-electron chi connectivity index (χ1n) is 21.4. The van der Waals surface area contributed by atoms with Gasteiger partial charge >= 0.3 is 0 Å². The summed E-state index contributed by atoms with van der Waals surface area (Å²) in [5.41, 5.74) is 12.9. The summed E-state index contributed by atoms with van der Waals surface area (Å²) in [5.74, 6) is 2.65. The van der Waals surface area contributed by atoms with Crippen molar-refractivity contribution in [2.45, 2.75) is 18.3 Å². The lowest BCUT2D eigenvalue weighted by molar-refractivity contribution is 0.660. The normalized spacial score (nSPS) is 16.8. The summed E-state index contributed by atoms with van der Waals surface area (Å²) < 4.78 is 13.4. The van der Waals surface area contributed by atoms with Gasteiger partial charge in [0.25, 0.3) is 0 Å². The molecular formula is C57H35N3O2. The summed E-state index contributed by atoms with van der Waals surface area (Å²) in [4.78, 5) is 16.1. The lowest BCUT2D eigenvalue weighted by Gasteiger charge is -2.16. The second-order valence-corrected chi connectivity index (χ2v) is 17.0. The van der Waals surface area contributed by atoms with E-state index in [0.717, 1.165) is 77.8 Å². The maximum atomic E-state index is 6.98. The fourth-order valence-electron chi connectivity index (χ4n) is 10.8. The molecule has 2 aliphatic carbocycles. The molecule has 290 valence electrons. The van der Waals surface area contributed by atoms with E-state index in [1.165, 1.54) is 38.6 Å². The van der Waals surface area contributed by atoms with Crippen molar-refractivity contribution < 1.29 is 8.83 Å². The highest BCUT2D eigenvalue weighted by Crippen LogP contribution is 2.67. The second-order valence-electron chi connectivity index (χ2n) is 17.0. The van der Waals surface area contributed by atoms with Crippen molar-refractivity contribution in [2.24, 2.45) is 5.92 Å². The van der Waals surface area contributed by atoms with Crippen LogP contribution in [0.3, 0.4) is 0 Å². The SMILES string of the molecule is c1ccc2c(c1)-c1cc3ccccc3cc1C[C@H]1C2C1c1c(-c2nc(-c3ccc4c(c3)oc3ccccc34)nc(-c3cccc4ccccc34)n2)ccc2c1oc1ccccc12. The smallest absolute Gasteiger partial charge is 0.164 e. The quantitative estimate of drug-likeness (QED) is 0.178. The Balaban J connectivity index is 1.02. The number of fused-ring (bicyclic) bond motifs is 13. The average molecular weight is 794 g/mol. The van der Waals surface area contributed by atoms with Gasteiger partial charge in [-0.1, -0.05) is 146 Å². The minimum atomic E-state index is 0.170. The zero-order chi connectivity index (χ0) is 40.5. The number of hydrogen-bond donors (Lipinski definition) is 0. The van der Waals surface area contributed by atoms with Crippen molar-refractivity contribution in [3.8, 4) is 45.3 Å². The molecule has 0 saturated heterocycles. The third kappa shape index (κ3) is 4.99. The monoisotopic (exact) mass is 793 g/mol. The van der Waals surface area contributed by atoms with Crippen LogP contribution in [0.2, 0.25) is 0 Å². The molecule has 5 nitrogen and oxygen atoms in total. The van der Waals surface area contributed by atoms with Crippen LogP contribution in [0, 0.1) is 5.92 Å². The van der Waals surface area contributed by atoms with Gasteiger partial charge in [0, 0.05) is 43.8 Å². The van der Waals surface area contributed by atoms with Crippen LogP contribution in [0.5, 0.6) is 0 Å². The molecule has 2 aliphatic rings. The molecular weight excluding hydrogens is 759 g/mol. The van der Waals surface area contributed by atoms with Crippen LogP contribution < -0.4 is 0 Å². The molecule has 9 aromatic carbocycles. The molecule has 3 heterocycles. The predicted molar refractivity (Wildman–Crippen MR) is 250 cm³/mol. The topological polar surface area (TPSA) is 65.0 Å². The summed E-state index contributed by atoms with van der Waals surface area (Å²) in [7, 11) is 0. The van der Waals surface area contributed by atoms with Crippen LogP contribution >= 0.6 is 0 Å². The number of furan rings is 2. The molecule has 2 unspecified atom stereocenters. The number of para-hydroxylation sites is 2. The number of rotatable bonds is 4. The van der Waals surface area contributed by atoms with Crippen molar-refractivity contribution in [3.05, 3.63) is 199 Å². The van der Waals surface area contributed by atoms with Crippen molar-refractivity contribution in [2.75, 3.05) is 0 Å². The van der Waals surface area contributed by atoms with Crippen LogP contribution in [-0.2, 0) is 6.42 Å².